The van der Waals surface area contributed by atoms with E-state index < -0.39 is 5.97 Å². The maximum Gasteiger partial charge on any atom is 0.339 e. The van der Waals surface area contributed by atoms with Crippen molar-refractivity contribution in [2.24, 2.45) is 0 Å². The first-order chi connectivity index (χ1) is 12.4. The zero-order valence-corrected chi connectivity index (χ0v) is 14.8. The molecule has 0 aliphatic heterocycles. The molecule has 0 aliphatic rings. The van der Waals surface area contributed by atoms with Crippen molar-refractivity contribution < 1.29 is 19.1 Å². The zero-order chi connectivity index (χ0) is 19.3. The molecular formula is C19H19N3O4. The van der Waals surface area contributed by atoms with Crippen LogP contribution in [0.15, 0.2) is 24.3 Å². The van der Waals surface area contributed by atoms with E-state index in [1.807, 2.05) is 0 Å². The summed E-state index contributed by atoms with van der Waals surface area (Å²) in [5.41, 5.74) is 2.72. The Bertz CT molecular complexity index is 889. The van der Waals surface area contributed by atoms with Crippen molar-refractivity contribution in [1.29, 1.82) is 5.26 Å². The number of methoxy groups -OCH3 is 1. The van der Waals surface area contributed by atoms with Crippen molar-refractivity contribution in [3.63, 3.8) is 0 Å². The predicted octanol–water partition coefficient (Wildman–Crippen LogP) is 2.56. The van der Waals surface area contributed by atoms with E-state index in [9.17, 15) is 14.4 Å². The van der Waals surface area contributed by atoms with E-state index in [1.54, 1.807) is 31.2 Å². The van der Waals surface area contributed by atoms with E-state index in [-0.39, 0.29) is 29.4 Å². The maximum atomic E-state index is 12.3. The number of amides is 1. The van der Waals surface area contributed by atoms with Gasteiger partial charge in [-0.1, -0.05) is 12.1 Å². The van der Waals surface area contributed by atoms with E-state index in [4.69, 9.17) is 10.00 Å². The van der Waals surface area contributed by atoms with Crippen LogP contribution in [0.25, 0.3) is 0 Å². The van der Waals surface area contributed by atoms with Crippen LogP contribution in [0.5, 0.6) is 0 Å². The lowest BCUT2D eigenvalue weighted by molar-refractivity contribution is -0.115. The summed E-state index contributed by atoms with van der Waals surface area (Å²) in [6.45, 7) is 3.02. The van der Waals surface area contributed by atoms with Gasteiger partial charge in [0.2, 0.25) is 5.91 Å². The Morgan fingerprint density at radius 3 is 2.42 bits per heavy atom. The molecule has 7 nitrogen and oxygen atoms in total. The number of carbonyl (C=O) groups is 3. The minimum absolute atomic E-state index is 0.113. The lowest BCUT2D eigenvalue weighted by Gasteiger charge is -2.07. The first-order valence-corrected chi connectivity index (χ1v) is 7.93. The van der Waals surface area contributed by atoms with Gasteiger partial charge in [0.05, 0.1) is 37.3 Å². The first-order valence-electron chi connectivity index (χ1n) is 7.93. The summed E-state index contributed by atoms with van der Waals surface area (Å²) in [4.78, 5) is 38.9. The smallest absolute Gasteiger partial charge is 0.339 e. The summed E-state index contributed by atoms with van der Waals surface area (Å²) in [5.74, 6) is -1.18. The van der Waals surface area contributed by atoms with Crippen molar-refractivity contribution in [3.8, 4) is 6.07 Å². The Labute approximate surface area is 151 Å². The summed E-state index contributed by atoms with van der Waals surface area (Å²) in [7, 11) is 1.24. The average Bonchev–Trinajstić information content (AvgIpc) is 2.92. The van der Waals surface area contributed by atoms with E-state index in [1.165, 1.54) is 14.0 Å². The van der Waals surface area contributed by atoms with Crippen LogP contribution in [0.1, 0.15) is 44.6 Å². The van der Waals surface area contributed by atoms with Crippen LogP contribution >= 0.6 is 0 Å². The number of benzene rings is 1. The summed E-state index contributed by atoms with van der Waals surface area (Å²) in [5, 5.41) is 11.4. The molecule has 2 rings (SSSR count). The van der Waals surface area contributed by atoms with Gasteiger partial charge in [0.1, 0.15) is 0 Å². The monoisotopic (exact) mass is 353 g/mol. The molecule has 1 aromatic heterocycles. The second-order valence-electron chi connectivity index (χ2n) is 5.78. The molecule has 0 saturated heterocycles. The number of aromatic amines is 1. The van der Waals surface area contributed by atoms with E-state index in [0.29, 0.717) is 23.4 Å². The Balaban J connectivity index is 2.20. The average molecular weight is 353 g/mol. The highest BCUT2D eigenvalue weighted by Crippen LogP contribution is 2.21. The SMILES string of the molecule is COC(=O)c1c(CC(=O)Nc2ccc(CC#N)cc2)[nH]c(C(C)=O)c1C. The fourth-order valence-electron chi connectivity index (χ4n) is 2.68. The van der Waals surface area contributed by atoms with Crippen LogP contribution in [-0.4, -0.2) is 29.8 Å². The lowest BCUT2D eigenvalue weighted by Crippen LogP contribution is -2.17. The number of nitriles is 1. The summed E-state index contributed by atoms with van der Waals surface area (Å²) in [6.07, 6.45) is 0.185. The molecule has 0 spiro atoms. The van der Waals surface area contributed by atoms with Gasteiger partial charge in [-0.15, -0.1) is 0 Å². The minimum Gasteiger partial charge on any atom is -0.465 e. The molecule has 2 aromatic rings. The number of hydrogen-bond acceptors (Lipinski definition) is 5. The first kappa shape index (κ1) is 18.9. The number of ether oxygens (including phenoxy) is 1. The normalized spacial score (nSPS) is 10.1. The molecule has 0 aliphatic carbocycles. The number of aromatic nitrogens is 1. The quantitative estimate of drug-likeness (QED) is 0.612. The second-order valence-corrected chi connectivity index (χ2v) is 5.78. The van der Waals surface area contributed by atoms with Crippen LogP contribution in [0.4, 0.5) is 5.69 Å². The molecule has 1 amide bonds. The fraction of sp³-hybridized carbons (Fsp3) is 0.263. The van der Waals surface area contributed by atoms with Gasteiger partial charge in [0.15, 0.2) is 5.78 Å². The molecule has 134 valence electrons. The number of esters is 1. The molecular weight excluding hydrogens is 334 g/mol. The standard InChI is InChI=1S/C19H19N3O4/c1-11-17(19(25)26-3)15(22-18(11)12(2)23)10-16(24)21-14-6-4-13(5-7-14)8-9-20/h4-7,22H,8,10H2,1-3H3,(H,21,24). The molecule has 0 bridgehead atoms. The largest absolute Gasteiger partial charge is 0.465 e. The van der Waals surface area contributed by atoms with Crippen LogP contribution in [-0.2, 0) is 22.4 Å². The summed E-state index contributed by atoms with van der Waals surface area (Å²) in [6, 6.07) is 8.97. The third-order valence-corrected chi connectivity index (χ3v) is 3.93. The Hall–Kier alpha value is -3.40. The highest BCUT2D eigenvalue weighted by molar-refractivity contribution is 6.02. The topological polar surface area (TPSA) is 112 Å². The van der Waals surface area contributed by atoms with Crippen molar-refractivity contribution in [1.82, 2.24) is 4.98 Å². The van der Waals surface area contributed by atoms with E-state index in [2.05, 4.69) is 16.4 Å². The molecule has 7 heteroatoms. The zero-order valence-electron chi connectivity index (χ0n) is 14.8. The van der Waals surface area contributed by atoms with Crippen LogP contribution in [0.2, 0.25) is 0 Å². The Morgan fingerprint density at radius 1 is 1.23 bits per heavy atom. The minimum atomic E-state index is -0.602. The van der Waals surface area contributed by atoms with Gasteiger partial charge in [0.25, 0.3) is 0 Å². The number of Topliss-reactive ketones (excluding diaryl/α,β-unsaturated/α-hetero) is 1. The lowest BCUT2D eigenvalue weighted by atomic mass is 10.1. The number of nitrogens with one attached hydrogen (secondary N) is 2. The number of nitrogens with zero attached hydrogens (tertiary/aromatic N) is 1. The number of anilines is 1. The number of carbonyl (C=O) groups excluding carboxylic acids is 3. The molecule has 2 N–H and O–H groups in total. The fourth-order valence-corrected chi connectivity index (χ4v) is 2.68. The third-order valence-electron chi connectivity index (χ3n) is 3.93. The van der Waals surface area contributed by atoms with Crippen LogP contribution < -0.4 is 5.32 Å². The highest BCUT2D eigenvalue weighted by Gasteiger charge is 2.24. The van der Waals surface area contributed by atoms with Gasteiger partial charge >= 0.3 is 5.97 Å². The van der Waals surface area contributed by atoms with Gasteiger partial charge in [-0.3, -0.25) is 9.59 Å². The number of H-pyrrole nitrogens is 1. The van der Waals surface area contributed by atoms with Crippen molar-refractivity contribution in [2.45, 2.75) is 26.7 Å². The van der Waals surface area contributed by atoms with Gasteiger partial charge in [0, 0.05) is 18.3 Å². The molecule has 26 heavy (non-hydrogen) atoms. The number of ketones is 1. The van der Waals surface area contributed by atoms with Gasteiger partial charge in [-0.2, -0.15) is 5.26 Å². The van der Waals surface area contributed by atoms with Crippen molar-refractivity contribution >= 4 is 23.3 Å². The van der Waals surface area contributed by atoms with Gasteiger partial charge in [-0.25, -0.2) is 4.79 Å². The Morgan fingerprint density at radius 2 is 1.88 bits per heavy atom. The number of rotatable bonds is 6. The molecule has 0 radical (unpaired) electrons. The van der Waals surface area contributed by atoms with E-state index in [0.717, 1.165) is 5.56 Å². The molecule has 1 aromatic carbocycles. The van der Waals surface area contributed by atoms with Gasteiger partial charge < -0.3 is 15.0 Å². The predicted molar refractivity (Wildman–Crippen MR) is 95.0 cm³/mol. The van der Waals surface area contributed by atoms with Crippen molar-refractivity contribution in [2.75, 3.05) is 12.4 Å². The number of hydrogen-bond donors (Lipinski definition) is 2. The molecule has 1 heterocycles. The van der Waals surface area contributed by atoms with Crippen LogP contribution in [0.3, 0.4) is 0 Å². The van der Waals surface area contributed by atoms with Crippen molar-refractivity contribution in [3.05, 3.63) is 52.3 Å². The van der Waals surface area contributed by atoms with Gasteiger partial charge in [-0.05, 0) is 30.2 Å². The third kappa shape index (κ3) is 4.16. The van der Waals surface area contributed by atoms with E-state index >= 15 is 0 Å². The second kappa shape index (κ2) is 8.12. The van der Waals surface area contributed by atoms with Crippen LogP contribution in [0, 0.1) is 18.3 Å². The summed E-state index contributed by atoms with van der Waals surface area (Å²) < 4.78 is 4.76. The summed E-state index contributed by atoms with van der Waals surface area (Å²) >= 11 is 0. The molecule has 0 atom stereocenters. The Kier molecular flexibility index (Phi) is 5.91. The maximum absolute atomic E-state index is 12.3. The highest BCUT2D eigenvalue weighted by atomic mass is 16.5. The molecule has 0 fully saturated rings. The molecule has 0 unspecified atom stereocenters. The molecule has 0 saturated carbocycles.